The summed E-state index contributed by atoms with van der Waals surface area (Å²) in [6, 6.07) is 2.17. The van der Waals surface area contributed by atoms with Crippen molar-refractivity contribution in [1.82, 2.24) is 15.1 Å². The molecule has 1 N–H and O–H groups in total. The molecule has 4 nitrogen and oxygen atoms in total. The van der Waals surface area contributed by atoms with Crippen LogP contribution in [-0.4, -0.2) is 21.9 Å². The number of nitriles is 1. The van der Waals surface area contributed by atoms with Crippen molar-refractivity contribution in [1.29, 1.82) is 5.26 Å². The normalized spacial score (nSPS) is 14.9. The van der Waals surface area contributed by atoms with Gasteiger partial charge in [-0.3, -0.25) is 10.00 Å². The third-order valence-corrected chi connectivity index (χ3v) is 2.84. The van der Waals surface area contributed by atoms with E-state index >= 15 is 0 Å². The fraction of sp³-hybridized carbons (Fsp3) is 0.667. The zero-order chi connectivity index (χ0) is 14.5. The van der Waals surface area contributed by atoms with Gasteiger partial charge in [0.15, 0.2) is 0 Å². The highest BCUT2D eigenvalue weighted by Gasteiger charge is 2.32. The predicted molar refractivity (Wildman–Crippen MR) is 64.2 cm³/mol. The predicted octanol–water partition coefficient (Wildman–Crippen LogP) is 2.57. The lowest BCUT2D eigenvalue weighted by atomic mass is 9.98. The van der Waals surface area contributed by atoms with Gasteiger partial charge in [0.2, 0.25) is 0 Å². The Kier molecular flexibility index (Phi) is 4.95. The van der Waals surface area contributed by atoms with E-state index in [1.807, 2.05) is 6.92 Å². The summed E-state index contributed by atoms with van der Waals surface area (Å²) in [6.07, 6.45) is -1.43. The Balaban J connectivity index is 2.50. The minimum absolute atomic E-state index is 0.360. The van der Waals surface area contributed by atoms with Gasteiger partial charge in [0, 0.05) is 12.7 Å². The molecule has 1 aromatic rings. The zero-order valence-corrected chi connectivity index (χ0v) is 11.0. The van der Waals surface area contributed by atoms with Gasteiger partial charge in [-0.15, -0.1) is 0 Å². The summed E-state index contributed by atoms with van der Waals surface area (Å²) in [4.78, 5) is 0. The van der Waals surface area contributed by atoms with Crippen molar-refractivity contribution in [2.45, 2.75) is 44.9 Å². The van der Waals surface area contributed by atoms with E-state index in [-0.39, 0.29) is 0 Å². The Bertz CT molecular complexity index is 447. The Morgan fingerprint density at radius 2 is 2.16 bits per heavy atom. The summed E-state index contributed by atoms with van der Waals surface area (Å²) in [5.74, 6) is 0. The molecule has 0 aromatic carbocycles. The Morgan fingerprint density at radius 3 is 2.63 bits per heavy atom. The minimum atomic E-state index is -4.36. The van der Waals surface area contributed by atoms with Crippen LogP contribution in [0, 0.1) is 11.3 Å². The molecular weight excluding hydrogens is 257 g/mol. The first-order chi connectivity index (χ1) is 8.80. The molecule has 1 unspecified atom stereocenters. The van der Waals surface area contributed by atoms with Gasteiger partial charge >= 0.3 is 6.18 Å². The maximum absolute atomic E-state index is 12.4. The highest BCUT2D eigenvalue weighted by molar-refractivity contribution is 5.08. The first-order valence-electron chi connectivity index (χ1n) is 6.06. The van der Waals surface area contributed by atoms with Crippen LogP contribution >= 0.6 is 0 Å². The van der Waals surface area contributed by atoms with E-state index in [4.69, 9.17) is 5.26 Å². The summed E-state index contributed by atoms with van der Waals surface area (Å²) in [6.45, 7) is 4.71. The van der Waals surface area contributed by atoms with E-state index in [1.165, 1.54) is 4.68 Å². The molecule has 0 radical (unpaired) electrons. The van der Waals surface area contributed by atoms with Crippen LogP contribution in [-0.2, 0) is 12.7 Å². The Hall–Kier alpha value is -1.55. The molecule has 0 amide bonds. The number of hydrogen-bond donors (Lipinski definition) is 1. The second-order valence-corrected chi connectivity index (χ2v) is 4.57. The maximum Gasteiger partial charge on any atom is 0.419 e. The lowest BCUT2D eigenvalue weighted by Gasteiger charge is -2.22. The van der Waals surface area contributed by atoms with Crippen LogP contribution in [0.3, 0.4) is 0 Å². The van der Waals surface area contributed by atoms with Gasteiger partial charge in [-0.25, -0.2) is 0 Å². The van der Waals surface area contributed by atoms with Crippen LogP contribution in [0.2, 0.25) is 0 Å². The molecule has 0 saturated heterocycles. The molecule has 19 heavy (non-hydrogen) atoms. The molecule has 1 atom stereocenters. The van der Waals surface area contributed by atoms with Crippen molar-refractivity contribution in [3.63, 3.8) is 0 Å². The minimum Gasteiger partial charge on any atom is -0.300 e. The number of aryl methyl sites for hydroxylation is 1. The highest BCUT2D eigenvalue weighted by Crippen LogP contribution is 2.28. The fourth-order valence-corrected chi connectivity index (χ4v) is 1.80. The van der Waals surface area contributed by atoms with Gasteiger partial charge in [0.25, 0.3) is 0 Å². The van der Waals surface area contributed by atoms with Crippen molar-refractivity contribution in [2.75, 3.05) is 6.54 Å². The quantitative estimate of drug-likeness (QED) is 0.867. The number of nitrogens with one attached hydrogen (secondary N) is 1. The third-order valence-electron chi connectivity index (χ3n) is 2.84. The standard InChI is InChI=1S/C12H17F3N4/c1-3-17-11(2,9-16)5-4-6-19-8-10(7-18-19)12(13,14)15/h7-8,17H,3-6H2,1-2H3. The third kappa shape index (κ3) is 4.56. The highest BCUT2D eigenvalue weighted by atomic mass is 19.4. The van der Waals surface area contributed by atoms with Crippen LogP contribution < -0.4 is 5.32 Å². The van der Waals surface area contributed by atoms with Crippen molar-refractivity contribution in [3.05, 3.63) is 18.0 Å². The SMILES string of the molecule is CCNC(C)(C#N)CCCn1cc(C(F)(F)F)cn1. The number of aromatic nitrogens is 2. The summed E-state index contributed by atoms with van der Waals surface area (Å²) in [5, 5.41) is 15.8. The molecule has 106 valence electrons. The second kappa shape index (κ2) is 6.06. The summed E-state index contributed by atoms with van der Waals surface area (Å²) < 4.78 is 38.3. The number of nitrogens with zero attached hydrogens (tertiary/aromatic N) is 3. The topological polar surface area (TPSA) is 53.6 Å². The van der Waals surface area contributed by atoms with E-state index < -0.39 is 17.3 Å². The van der Waals surface area contributed by atoms with Crippen LogP contribution in [0.1, 0.15) is 32.3 Å². The second-order valence-electron chi connectivity index (χ2n) is 4.57. The van der Waals surface area contributed by atoms with Gasteiger partial charge in [0.1, 0.15) is 5.54 Å². The molecule has 0 saturated carbocycles. The lowest BCUT2D eigenvalue weighted by molar-refractivity contribution is -0.137. The summed E-state index contributed by atoms with van der Waals surface area (Å²) >= 11 is 0. The maximum atomic E-state index is 12.4. The summed E-state index contributed by atoms with van der Waals surface area (Å²) in [7, 11) is 0. The van der Waals surface area contributed by atoms with Crippen LogP contribution in [0.4, 0.5) is 13.2 Å². The monoisotopic (exact) mass is 274 g/mol. The van der Waals surface area contributed by atoms with Crippen molar-refractivity contribution < 1.29 is 13.2 Å². The molecule has 7 heteroatoms. The van der Waals surface area contributed by atoms with Crippen LogP contribution in [0.5, 0.6) is 0 Å². The van der Waals surface area contributed by atoms with Crippen LogP contribution in [0.25, 0.3) is 0 Å². The zero-order valence-electron chi connectivity index (χ0n) is 11.0. The van der Waals surface area contributed by atoms with E-state index in [1.54, 1.807) is 6.92 Å². The molecular formula is C12H17F3N4. The fourth-order valence-electron chi connectivity index (χ4n) is 1.80. The van der Waals surface area contributed by atoms with Crippen molar-refractivity contribution in [2.24, 2.45) is 0 Å². The summed E-state index contributed by atoms with van der Waals surface area (Å²) in [5.41, 5.74) is -1.39. The smallest absolute Gasteiger partial charge is 0.300 e. The molecule has 0 fully saturated rings. The molecule has 0 bridgehead atoms. The first-order valence-corrected chi connectivity index (χ1v) is 6.06. The number of rotatable bonds is 6. The average molecular weight is 274 g/mol. The van der Waals surface area contributed by atoms with Gasteiger partial charge < -0.3 is 0 Å². The Labute approximate surface area is 110 Å². The van der Waals surface area contributed by atoms with Gasteiger partial charge in [-0.1, -0.05) is 6.92 Å². The molecule has 0 aliphatic rings. The number of halogens is 3. The largest absolute Gasteiger partial charge is 0.419 e. The van der Waals surface area contributed by atoms with E-state index in [2.05, 4.69) is 16.5 Å². The van der Waals surface area contributed by atoms with Gasteiger partial charge in [-0.2, -0.15) is 23.5 Å². The number of alkyl halides is 3. The first kappa shape index (κ1) is 15.5. The molecule has 1 aromatic heterocycles. The van der Waals surface area contributed by atoms with Crippen molar-refractivity contribution >= 4 is 0 Å². The van der Waals surface area contributed by atoms with Crippen LogP contribution in [0.15, 0.2) is 12.4 Å². The number of hydrogen-bond acceptors (Lipinski definition) is 3. The van der Waals surface area contributed by atoms with Gasteiger partial charge in [-0.05, 0) is 26.3 Å². The molecule has 1 rings (SSSR count). The van der Waals surface area contributed by atoms with Gasteiger partial charge in [0.05, 0.1) is 17.8 Å². The average Bonchev–Trinajstić information content (AvgIpc) is 2.78. The van der Waals surface area contributed by atoms with Crippen molar-refractivity contribution in [3.8, 4) is 6.07 Å². The Morgan fingerprint density at radius 1 is 1.47 bits per heavy atom. The lowest BCUT2D eigenvalue weighted by Crippen LogP contribution is -2.40. The molecule has 0 spiro atoms. The van der Waals surface area contributed by atoms with E-state index in [9.17, 15) is 13.2 Å². The molecule has 0 aliphatic carbocycles. The van der Waals surface area contributed by atoms with E-state index in [0.29, 0.717) is 25.9 Å². The molecule has 1 heterocycles. The van der Waals surface area contributed by atoms with E-state index in [0.717, 1.165) is 12.4 Å². The molecule has 0 aliphatic heterocycles.